The minimum Gasteiger partial charge on any atom is -0.475 e. The molecule has 0 saturated heterocycles. The van der Waals surface area contributed by atoms with E-state index < -0.39 is 17.3 Å². The van der Waals surface area contributed by atoms with Crippen LogP contribution in [0, 0.1) is 0 Å². The number of Topliss-reactive ketones (excluding diaryl/α,β-unsaturated/α-hetero) is 1. The largest absolute Gasteiger partial charge is 0.475 e. The second-order valence-electron chi connectivity index (χ2n) is 2.74. The number of carboxylic acid groups (broad SMARTS) is 1. The van der Waals surface area contributed by atoms with Crippen molar-refractivity contribution < 1.29 is 19.5 Å². The van der Waals surface area contributed by atoms with Gasteiger partial charge in [-0.1, -0.05) is 6.07 Å². The molecule has 1 aromatic rings. The smallest absolute Gasteiger partial charge is 0.372 e. The van der Waals surface area contributed by atoms with Crippen LogP contribution in [-0.4, -0.2) is 28.7 Å². The third-order valence-corrected chi connectivity index (χ3v) is 1.75. The summed E-state index contributed by atoms with van der Waals surface area (Å²) in [5.74, 6) is -2.53. The third kappa shape index (κ3) is 2.43. The number of pyridine rings is 1. The van der Waals surface area contributed by atoms with E-state index in [1.807, 2.05) is 0 Å². The lowest BCUT2D eigenvalue weighted by Crippen LogP contribution is -2.29. The SMILES string of the molecule is COn1c(CC(=O)C(=O)O)cccc1=O. The highest BCUT2D eigenvalue weighted by atomic mass is 16.6. The molecule has 6 nitrogen and oxygen atoms in total. The van der Waals surface area contributed by atoms with Gasteiger partial charge in [0.1, 0.15) is 7.11 Å². The van der Waals surface area contributed by atoms with E-state index in [4.69, 9.17) is 9.94 Å². The van der Waals surface area contributed by atoms with Crippen molar-refractivity contribution in [1.29, 1.82) is 0 Å². The number of carbonyl (C=O) groups is 2. The Labute approximate surface area is 84.7 Å². The van der Waals surface area contributed by atoms with Crippen LogP contribution in [0.15, 0.2) is 23.0 Å². The second-order valence-corrected chi connectivity index (χ2v) is 2.74. The zero-order valence-electron chi connectivity index (χ0n) is 7.97. The number of carbonyl (C=O) groups excluding carboxylic acids is 1. The van der Waals surface area contributed by atoms with Gasteiger partial charge in [-0.3, -0.25) is 9.59 Å². The molecule has 1 heterocycles. The summed E-state index contributed by atoms with van der Waals surface area (Å²) in [5.41, 5.74) is -0.245. The molecule has 0 spiro atoms. The van der Waals surface area contributed by atoms with Gasteiger partial charge in [0, 0.05) is 6.07 Å². The van der Waals surface area contributed by atoms with Crippen molar-refractivity contribution in [2.75, 3.05) is 7.11 Å². The topological polar surface area (TPSA) is 85.6 Å². The van der Waals surface area contributed by atoms with E-state index in [1.54, 1.807) is 0 Å². The quantitative estimate of drug-likeness (QED) is 0.652. The van der Waals surface area contributed by atoms with Gasteiger partial charge in [0.05, 0.1) is 12.1 Å². The van der Waals surface area contributed by atoms with Crippen LogP contribution in [0.1, 0.15) is 5.69 Å². The van der Waals surface area contributed by atoms with Crippen molar-refractivity contribution in [1.82, 2.24) is 4.73 Å². The van der Waals surface area contributed by atoms with Crippen molar-refractivity contribution in [3.05, 3.63) is 34.2 Å². The second kappa shape index (κ2) is 4.41. The van der Waals surface area contributed by atoms with Gasteiger partial charge in [0.2, 0.25) is 5.78 Å². The van der Waals surface area contributed by atoms with Crippen LogP contribution in [0.2, 0.25) is 0 Å². The van der Waals surface area contributed by atoms with E-state index in [0.29, 0.717) is 0 Å². The first-order valence-electron chi connectivity index (χ1n) is 4.08. The number of nitrogens with zero attached hydrogens (tertiary/aromatic N) is 1. The van der Waals surface area contributed by atoms with Crippen LogP contribution in [0.3, 0.4) is 0 Å². The first-order valence-corrected chi connectivity index (χ1v) is 4.08. The van der Waals surface area contributed by atoms with Crippen LogP contribution in [0.5, 0.6) is 0 Å². The van der Waals surface area contributed by atoms with E-state index in [2.05, 4.69) is 0 Å². The summed E-state index contributed by atoms with van der Waals surface area (Å²) in [7, 11) is 1.26. The molecule has 0 amide bonds. The van der Waals surface area contributed by atoms with Gasteiger partial charge in [0.25, 0.3) is 5.56 Å². The van der Waals surface area contributed by atoms with Crippen LogP contribution >= 0.6 is 0 Å². The summed E-state index contributed by atoms with van der Waals surface area (Å²) in [6.45, 7) is 0. The molecule has 1 N–H and O–H groups in total. The maximum absolute atomic E-state index is 11.2. The van der Waals surface area contributed by atoms with Gasteiger partial charge >= 0.3 is 5.97 Å². The predicted molar refractivity (Wildman–Crippen MR) is 49.6 cm³/mol. The summed E-state index contributed by atoms with van der Waals surface area (Å²) in [4.78, 5) is 37.1. The van der Waals surface area contributed by atoms with Crippen molar-refractivity contribution >= 4 is 11.8 Å². The molecule has 80 valence electrons. The van der Waals surface area contributed by atoms with E-state index >= 15 is 0 Å². The molecular formula is C9H9NO5. The molecule has 0 aromatic carbocycles. The summed E-state index contributed by atoms with van der Waals surface area (Å²) >= 11 is 0. The average molecular weight is 211 g/mol. The lowest BCUT2D eigenvalue weighted by molar-refractivity contribution is -0.148. The van der Waals surface area contributed by atoms with Crippen molar-refractivity contribution in [2.45, 2.75) is 6.42 Å². The number of hydrogen-bond donors (Lipinski definition) is 1. The van der Waals surface area contributed by atoms with E-state index in [-0.39, 0.29) is 12.1 Å². The molecule has 0 aliphatic heterocycles. The monoisotopic (exact) mass is 211 g/mol. The average Bonchev–Trinajstić information content (AvgIpc) is 2.18. The number of ketones is 1. The molecule has 0 radical (unpaired) electrons. The van der Waals surface area contributed by atoms with Gasteiger partial charge in [-0.25, -0.2) is 4.79 Å². The Balaban J connectivity index is 3.05. The summed E-state index contributed by atoms with van der Waals surface area (Å²) < 4.78 is 0.876. The fourth-order valence-electron chi connectivity index (χ4n) is 1.10. The summed E-state index contributed by atoms with van der Waals surface area (Å²) in [6, 6.07) is 4.13. The minimum absolute atomic E-state index is 0.206. The van der Waals surface area contributed by atoms with Crippen LogP contribution in [0.4, 0.5) is 0 Å². The number of carboxylic acids is 1. The van der Waals surface area contributed by atoms with Gasteiger partial charge in [0.15, 0.2) is 0 Å². The predicted octanol–water partition coefficient (Wildman–Crippen LogP) is -0.897. The van der Waals surface area contributed by atoms with E-state index in [0.717, 1.165) is 4.73 Å². The molecule has 0 atom stereocenters. The molecule has 0 aliphatic rings. The van der Waals surface area contributed by atoms with Crippen molar-refractivity contribution in [2.24, 2.45) is 0 Å². The fraction of sp³-hybridized carbons (Fsp3) is 0.222. The fourth-order valence-corrected chi connectivity index (χ4v) is 1.10. The maximum Gasteiger partial charge on any atom is 0.372 e. The van der Waals surface area contributed by atoms with Crippen LogP contribution in [-0.2, 0) is 16.0 Å². The Morgan fingerprint density at radius 3 is 2.67 bits per heavy atom. The molecule has 1 rings (SSSR count). The number of aromatic nitrogens is 1. The molecule has 1 aromatic heterocycles. The van der Waals surface area contributed by atoms with Crippen LogP contribution < -0.4 is 10.4 Å². The lowest BCUT2D eigenvalue weighted by atomic mass is 10.2. The van der Waals surface area contributed by atoms with Gasteiger partial charge in [-0.2, -0.15) is 0 Å². The normalized spacial score (nSPS) is 9.67. The third-order valence-electron chi connectivity index (χ3n) is 1.75. The first-order chi connectivity index (χ1) is 7.06. The number of rotatable bonds is 4. The zero-order chi connectivity index (χ0) is 11.4. The molecule has 0 fully saturated rings. The number of aliphatic carboxylic acids is 1. The highest BCUT2D eigenvalue weighted by Crippen LogP contribution is 1.97. The first kappa shape index (κ1) is 11.0. The lowest BCUT2D eigenvalue weighted by Gasteiger charge is -2.08. The summed E-state index contributed by atoms with van der Waals surface area (Å²) in [5, 5.41) is 8.40. The summed E-state index contributed by atoms with van der Waals surface area (Å²) in [6.07, 6.45) is -0.376. The van der Waals surface area contributed by atoms with Gasteiger partial charge < -0.3 is 9.94 Å². The Morgan fingerprint density at radius 2 is 2.13 bits per heavy atom. The van der Waals surface area contributed by atoms with Gasteiger partial charge in [-0.15, -0.1) is 4.73 Å². The molecule has 0 bridgehead atoms. The minimum atomic E-state index is -1.53. The maximum atomic E-state index is 11.2. The van der Waals surface area contributed by atoms with Crippen molar-refractivity contribution in [3.8, 4) is 0 Å². The van der Waals surface area contributed by atoms with Gasteiger partial charge in [-0.05, 0) is 6.07 Å². The zero-order valence-corrected chi connectivity index (χ0v) is 7.97. The molecular weight excluding hydrogens is 202 g/mol. The Bertz CT molecular complexity index is 448. The molecule has 15 heavy (non-hydrogen) atoms. The van der Waals surface area contributed by atoms with Crippen LogP contribution in [0.25, 0.3) is 0 Å². The number of hydrogen-bond acceptors (Lipinski definition) is 4. The van der Waals surface area contributed by atoms with E-state index in [1.165, 1.54) is 25.3 Å². The Kier molecular flexibility index (Phi) is 3.22. The molecule has 0 unspecified atom stereocenters. The van der Waals surface area contributed by atoms with E-state index in [9.17, 15) is 14.4 Å². The standard InChI is InChI=1S/C9H9NO5/c1-15-10-6(3-2-4-8(10)12)5-7(11)9(13)14/h2-4H,5H2,1H3,(H,13,14). The Morgan fingerprint density at radius 1 is 1.47 bits per heavy atom. The Hall–Kier alpha value is -2.11. The molecule has 0 aliphatic carbocycles. The molecule has 0 saturated carbocycles. The highest BCUT2D eigenvalue weighted by molar-refractivity contribution is 6.33. The highest BCUT2D eigenvalue weighted by Gasteiger charge is 2.15. The van der Waals surface area contributed by atoms with Crippen molar-refractivity contribution in [3.63, 3.8) is 0 Å². The molecule has 6 heteroatoms.